The maximum absolute atomic E-state index is 13.2. The molecule has 21 heavy (non-hydrogen) atoms. The summed E-state index contributed by atoms with van der Waals surface area (Å²) in [7, 11) is 0. The Balaban J connectivity index is 1.95. The van der Waals surface area contributed by atoms with Crippen molar-refractivity contribution in [2.24, 2.45) is 0 Å². The quantitative estimate of drug-likeness (QED) is 0.724. The normalized spacial score (nSPS) is 26.0. The summed E-state index contributed by atoms with van der Waals surface area (Å²) in [6.45, 7) is 1.24. The molecule has 1 aromatic carbocycles. The number of anilines is 1. The van der Waals surface area contributed by atoms with Gasteiger partial charge < -0.3 is 9.64 Å². The van der Waals surface area contributed by atoms with Crippen molar-refractivity contribution in [1.29, 1.82) is 0 Å². The Bertz CT molecular complexity index is 520. The molecule has 2 fully saturated rings. The van der Waals surface area contributed by atoms with Gasteiger partial charge in [0.05, 0.1) is 24.3 Å². The average molecular weight is 364 g/mol. The third kappa shape index (κ3) is 2.93. The molecule has 1 saturated carbocycles. The molecule has 0 N–H and O–H groups in total. The highest BCUT2D eigenvalue weighted by Gasteiger charge is 2.38. The van der Waals surface area contributed by atoms with Gasteiger partial charge in [0, 0.05) is 17.6 Å². The van der Waals surface area contributed by atoms with Gasteiger partial charge >= 0.3 is 6.18 Å². The van der Waals surface area contributed by atoms with Gasteiger partial charge in [-0.25, -0.2) is 0 Å². The monoisotopic (exact) mass is 363 g/mol. The van der Waals surface area contributed by atoms with Gasteiger partial charge in [-0.05, 0) is 37.0 Å². The number of morpholine rings is 1. The minimum absolute atomic E-state index is 0.170. The van der Waals surface area contributed by atoms with Crippen molar-refractivity contribution in [2.75, 3.05) is 18.1 Å². The van der Waals surface area contributed by atoms with E-state index in [0.717, 1.165) is 19.3 Å². The van der Waals surface area contributed by atoms with Gasteiger partial charge in [-0.15, -0.1) is 0 Å². The molecule has 6 heteroatoms. The summed E-state index contributed by atoms with van der Waals surface area (Å²) < 4.78 is 45.3. The number of alkyl halides is 4. The summed E-state index contributed by atoms with van der Waals surface area (Å²) in [4.78, 5) is 2.09. The van der Waals surface area contributed by atoms with Crippen molar-refractivity contribution < 1.29 is 17.9 Å². The molecule has 0 amide bonds. The van der Waals surface area contributed by atoms with Crippen LogP contribution < -0.4 is 4.90 Å². The Labute approximate surface area is 130 Å². The molecule has 1 saturated heterocycles. The van der Waals surface area contributed by atoms with E-state index in [0.29, 0.717) is 18.8 Å². The fraction of sp³-hybridized carbons (Fsp3) is 0.600. The third-order valence-electron chi connectivity index (χ3n) is 4.36. The van der Waals surface area contributed by atoms with E-state index in [-0.39, 0.29) is 23.0 Å². The van der Waals surface area contributed by atoms with Crippen LogP contribution in [0, 0.1) is 0 Å². The molecule has 2 unspecified atom stereocenters. The lowest BCUT2D eigenvalue weighted by Crippen LogP contribution is -2.48. The Hall–Kier alpha value is -0.750. The first-order valence-electron chi connectivity index (χ1n) is 7.15. The predicted molar refractivity (Wildman–Crippen MR) is 78.8 cm³/mol. The zero-order valence-corrected chi connectivity index (χ0v) is 13.1. The zero-order valence-electron chi connectivity index (χ0n) is 11.5. The van der Waals surface area contributed by atoms with Crippen molar-refractivity contribution in [2.45, 2.75) is 42.9 Å². The first-order chi connectivity index (χ1) is 10.0. The molecule has 0 aromatic heterocycles. The summed E-state index contributed by atoms with van der Waals surface area (Å²) >= 11 is 3.13. The maximum atomic E-state index is 13.2. The van der Waals surface area contributed by atoms with Crippen LogP contribution in [0.25, 0.3) is 0 Å². The van der Waals surface area contributed by atoms with E-state index in [1.54, 1.807) is 12.1 Å². The van der Waals surface area contributed by atoms with Gasteiger partial charge in [-0.1, -0.05) is 22.0 Å². The lowest BCUT2D eigenvalue weighted by atomic mass is 10.0. The van der Waals surface area contributed by atoms with Crippen molar-refractivity contribution in [3.8, 4) is 0 Å². The number of halogens is 4. The van der Waals surface area contributed by atoms with Gasteiger partial charge in [0.2, 0.25) is 0 Å². The van der Waals surface area contributed by atoms with E-state index in [1.165, 1.54) is 6.07 Å². The number of hydrogen-bond donors (Lipinski definition) is 0. The second kappa shape index (κ2) is 5.80. The molecule has 3 rings (SSSR count). The molecule has 2 nitrogen and oxygen atoms in total. The summed E-state index contributed by atoms with van der Waals surface area (Å²) in [5, 5.41) is 0.206. The van der Waals surface area contributed by atoms with Gasteiger partial charge in [-0.2, -0.15) is 13.2 Å². The van der Waals surface area contributed by atoms with E-state index in [9.17, 15) is 13.2 Å². The highest BCUT2D eigenvalue weighted by Crippen LogP contribution is 2.38. The topological polar surface area (TPSA) is 12.5 Å². The van der Waals surface area contributed by atoms with Crippen molar-refractivity contribution >= 4 is 21.6 Å². The molecule has 0 radical (unpaired) electrons. The standard InChI is InChI=1S/C15H17BrF3NO/c16-9-10-4-5-11(8-12(10)15(17,18)19)20-6-7-21-14-3-1-2-13(14)20/h4-5,8,13-14H,1-3,6-7,9H2. The largest absolute Gasteiger partial charge is 0.416 e. The molecule has 0 spiro atoms. The second-order valence-electron chi connectivity index (χ2n) is 5.57. The summed E-state index contributed by atoms with van der Waals surface area (Å²) in [5.41, 5.74) is 0.396. The van der Waals surface area contributed by atoms with Crippen LogP contribution in [0.2, 0.25) is 0 Å². The first-order valence-corrected chi connectivity index (χ1v) is 8.27. The van der Waals surface area contributed by atoms with Gasteiger partial charge in [-0.3, -0.25) is 0 Å². The smallest absolute Gasteiger partial charge is 0.374 e. The Morgan fingerprint density at radius 1 is 1.29 bits per heavy atom. The van der Waals surface area contributed by atoms with Crippen molar-refractivity contribution in [1.82, 2.24) is 0 Å². The molecule has 1 aromatic rings. The van der Waals surface area contributed by atoms with Crippen LogP contribution in [-0.4, -0.2) is 25.3 Å². The molecule has 0 bridgehead atoms. The third-order valence-corrected chi connectivity index (χ3v) is 4.96. The summed E-state index contributed by atoms with van der Waals surface area (Å²) in [6, 6.07) is 4.88. The minimum atomic E-state index is -4.32. The number of ether oxygens (including phenoxy) is 1. The minimum Gasteiger partial charge on any atom is -0.374 e. The van der Waals surface area contributed by atoms with E-state index < -0.39 is 11.7 Å². The van der Waals surface area contributed by atoms with Gasteiger partial charge in [0.15, 0.2) is 0 Å². The van der Waals surface area contributed by atoms with Crippen LogP contribution in [0.5, 0.6) is 0 Å². The van der Waals surface area contributed by atoms with E-state index in [2.05, 4.69) is 20.8 Å². The van der Waals surface area contributed by atoms with Crippen LogP contribution in [0.4, 0.5) is 18.9 Å². The maximum Gasteiger partial charge on any atom is 0.416 e. The highest BCUT2D eigenvalue weighted by atomic mass is 79.9. The Morgan fingerprint density at radius 3 is 2.81 bits per heavy atom. The predicted octanol–water partition coefficient (Wildman–Crippen LogP) is 4.36. The van der Waals surface area contributed by atoms with Crippen molar-refractivity contribution in [3.05, 3.63) is 29.3 Å². The molecule has 1 aliphatic heterocycles. The molecular weight excluding hydrogens is 347 g/mol. The van der Waals surface area contributed by atoms with E-state index >= 15 is 0 Å². The SMILES string of the molecule is FC(F)(F)c1cc(N2CCOC3CCCC32)ccc1CBr. The lowest BCUT2D eigenvalue weighted by Gasteiger charge is -2.39. The van der Waals surface area contributed by atoms with E-state index in [1.807, 2.05) is 0 Å². The molecule has 1 aliphatic carbocycles. The average Bonchev–Trinajstić information content (AvgIpc) is 2.94. The van der Waals surface area contributed by atoms with Gasteiger partial charge in [0.1, 0.15) is 0 Å². The van der Waals surface area contributed by atoms with Crippen molar-refractivity contribution in [3.63, 3.8) is 0 Å². The second-order valence-corrected chi connectivity index (χ2v) is 6.13. The number of rotatable bonds is 2. The number of nitrogens with zero attached hydrogens (tertiary/aromatic N) is 1. The fourth-order valence-corrected chi connectivity index (χ4v) is 3.86. The fourth-order valence-electron chi connectivity index (χ4n) is 3.37. The first kappa shape index (κ1) is 15.2. The molecule has 2 aliphatic rings. The van der Waals surface area contributed by atoms with Crippen LogP contribution in [0.1, 0.15) is 30.4 Å². The number of fused-ring (bicyclic) bond motifs is 1. The molecule has 116 valence electrons. The van der Waals surface area contributed by atoms with E-state index in [4.69, 9.17) is 4.74 Å². The molecule has 1 heterocycles. The summed E-state index contributed by atoms with van der Waals surface area (Å²) in [5.74, 6) is 0. The van der Waals surface area contributed by atoms with Gasteiger partial charge in [0.25, 0.3) is 0 Å². The number of benzene rings is 1. The lowest BCUT2D eigenvalue weighted by molar-refractivity contribution is -0.138. The Kier molecular flexibility index (Phi) is 4.19. The zero-order chi connectivity index (χ0) is 15.0. The summed E-state index contributed by atoms with van der Waals surface area (Å²) in [6.07, 6.45) is -1.07. The molecular formula is C15H17BrF3NO. The number of hydrogen-bond acceptors (Lipinski definition) is 2. The van der Waals surface area contributed by atoms with Crippen LogP contribution in [-0.2, 0) is 16.2 Å². The molecule has 2 atom stereocenters. The van der Waals surface area contributed by atoms with Crippen LogP contribution in [0.15, 0.2) is 18.2 Å². The highest BCUT2D eigenvalue weighted by molar-refractivity contribution is 9.08. The Morgan fingerprint density at radius 2 is 2.10 bits per heavy atom. The van der Waals surface area contributed by atoms with Crippen LogP contribution in [0.3, 0.4) is 0 Å². The van der Waals surface area contributed by atoms with Crippen LogP contribution >= 0.6 is 15.9 Å².